The van der Waals surface area contributed by atoms with Gasteiger partial charge in [0.05, 0.1) is 28.5 Å². The number of carbonyl (C=O) groups is 1. The summed E-state index contributed by atoms with van der Waals surface area (Å²) in [5.41, 5.74) is 1.75. The second-order valence-corrected chi connectivity index (χ2v) is 10.2. The van der Waals surface area contributed by atoms with Crippen LogP contribution in [0.3, 0.4) is 0 Å². The van der Waals surface area contributed by atoms with Crippen LogP contribution in [0.2, 0.25) is 0 Å². The summed E-state index contributed by atoms with van der Waals surface area (Å²) in [6, 6.07) is 6.43. The monoisotopic (exact) mass is 455 g/mol. The lowest BCUT2D eigenvalue weighted by Crippen LogP contribution is -2.33. The number of anilines is 2. The van der Waals surface area contributed by atoms with Gasteiger partial charge in [-0.1, -0.05) is 26.2 Å². The Bertz CT molecular complexity index is 1060. The summed E-state index contributed by atoms with van der Waals surface area (Å²) in [7, 11) is 0. The van der Waals surface area contributed by atoms with E-state index in [1.165, 1.54) is 44.9 Å². The predicted molar refractivity (Wildman–Crippen MR) is 131 cm³/mol. The highest BCUT2D eigenvalue weighted by Gasteiger charge is 2.23. The van der Waals surface area contributed by atoms with Gasteiger partial charge in [-0.2, -0.15) is 5.10 Å². The number of hydrogen-bond acceptors (Lipinski definition) is 5. The molecule has 2 aliphatic rings. The van der Waals surface area contributed by atoms with Crippen molar-refractivity contribution in [2.75, 3.05) is 23.3 Å². The molecule has 4 heterocycles. The second kappa shape index (κ2) is 9.58. The van der Waals surface area contributed by atoms with E-state index in [4.69, 9.17) is 5.10 Å². The van der Waals surface area contributed by atoms with Crippen LogP contribution in [0.25, 0.3) is 10.2 Å². The first-order valence-corrected chi connectivity index (χ1v) is 12.4. The molecule has 1 aliphatic heterocycles. The Kier molecular flexibility index (Phi) is 6.81. The molecule has 0 radical (unpaired) electrons. The van der Waals surface area contributed by atoms with Crippen molar-refractivity contribution in [2.24, 2.45) is 5.92 Å². The van der Waals surface area contributed by atoms with Crippen LogP contribution in [0.5, 0.6) is 0 Å². The van der Waals surface area contributed by atoms with E-state index in [1.54, 1.807) is 17.5 Å². The molecule has 32 heavy (non-hydrogen) atoms. The van der Waals surface area contributed by atoms with E-state index < -0.39 is 0 Å². The van der Waals surface area contributed by atoms with Crippen LogP contribution in [0.1, 0.15) is 73.3 Å². The average Bonchev–Trinajstić information content (AvgIpc) is 3.36. The van der Waals surface area contributed by atoms with Gasteiger partial charge in [0.1, 0.15) is 10.6 Å². The number of fused-ring (bicyclic) bond motifs is 1. The first kappa shape index (κ1) is 22.7. The molecule has 3 aromatic heterocycles. The number of carbonyl (C=O) groups excluding carboxylic acids is 1. The van der Waals surface area contributed by atoms with Gasteiger partial charge >= 0.3 is 0 Å². The zero-order valence-corrected chi connectivity index (χ0v) is 19.7. The number of thiophene rings is 1. The molecule has 1 saturated heterocycles. The molecule has 0 aromatic carbocycles. The number of nitrogens with one attached hydrogen (secondary N) is 1. The number of pyridine rings is 1. The maximum Gasteiger partial charge on any atom is 0.265 e. The smallest absolute Gasteiger partial charge is 0.265 e. The highest BCUT2D eigenvalue weighted by atomic mass is 32.1. The van der Waals surface area contributed by atoms with Crippen LogP contribution in [0.15, 0.2) is 24.4 Å². The van der Waals surface area contributed by atoms with Crippen molar-refractivity contribution in [3.8, 4) is 0 Å². The maximum absolute atomic E-state index is 12.9. The molecule has 2 fully saturated rings. The van der Waals surface area contributed by atoms with Crippen molar-refractivity contribution >= 4 is 39.0 Å². The lowest BCUT2D eigenvalue weighted by atomic mass is 9.96. The lowest BCUT2D eigenvalue weighted by Gasteiger charge is -2.31. The molecular weight excluding hydrogens is 422 g/mol. The standard InChI is InChI=1S/C24H31N5OS.H2O/c1-16-10-12-28(13-11-16)22-9-8-18(15-25-22)26-23(30)21-14-20-17(2)27-29(24(20)31-21)19-6-4-3-5-7-19;/h8-9,14-16,19H,3-7,10-13H2,1-2H3,(H,26,30);1H2. The zero-order valence-electron chi connectivity index (χ0n) is 18.9. The fourth-order valence-electron chi connectivity index (χ4n) is 4.83. The summed E-state index contributed by atoms with van der Waals surface area (Å²) >= 11 is 1.55. The molecule has 0 atom stereocenters. The summed E-state index contributed by atoms with van der Waals surface area (Å²) in [6.45, 7) is 6.46. The van der Waals surface area contributed by atoms with Crippen LogP contribution in [-0.2, 0) is 0 Å². The fraction of sp³-hybridized carbons (Fsp3) is 0.542. The maximum atomic E-state index is 12.9. The summed E-state index contributed by atoms with van der Waals surface area (Å²) in [5.74, 6) is 1.72. The SMILES string of the molecule is Cc1nn(C2CCCCC2)c2sc(C(=O)Nc3ccc(N4CCC(C)CC4)nc3)cc12.O. The van der Waals surface area contributed by atoms with Gasteiger partial charge in [-0.15, -0.1) is 11.3 Å². The van der Waals surface area contributed by atoms with Crippen LogP contribution in [0.4, 0.5) is 11.5 Å². The number of rotatable bonds is 4. The summed E-state index contributed by atoms with van der Waals surface area (Å²) < 4.78 is 2.18. The van der Waals surface area contributed by atoms with E-state index in [2.05, 4.69) is 26.8 Å². The third-order valence-corrected chi connectivity index (χ3v) is 7.95. The van der Waals surface area contributed by atoms with Crippen molar-refractivity contribution in [2.45, 2.75) is 64.8 Å². The number of aryl methyl sites for hydroxylation is 1. The Balaban J connectivity index is 0.00000245. The minimum atomic E-state index is -0.0721. The largest absolute Gasteiger partial charge is 0.412 e. The van der Waals surface area contributed by atoms with E-state index in [1.807, 2.05) is 25.1 Å². The molecule has 0 unspecified atom stereocenters. The molecule has 1 saturated carbocycles. The molecule has 0 spiro atoms. The van der Waals surface area contributed by atoms with Crippen molar-refractivity contribution in [3.63, 3.8) is 0 Å². The van der Waals surface area contributed by atoms with E-state index >= 15 is 0 Å². The van der Waals surface area contributed by atoms with Crippen LogP contribution in [-0.4, -0.2) is 39.2 Å². The molecule has 1 aliphatic carbocycles. The van der Waals surface area contributed by atoms with E-state index in [0.29, 0.717) is 6.04 Å². The van der Waals surface area contributed by atoms with Crippen LogP contribution >= 0.6 is 11.3 Å². The van der Waals surface area contributed by atoms with E-state index in [9.17, 15) is 4.79 Å². The Morgan fingerprint density at radius 2 is 1.88 bits per heavy atom. The summed E-state index contributed by atoms with van der Waals surface area (Å²) in [4.78, 5) is 21.7. The average molecular weight is 456 g/mol. The molecule has 7 nitrogen and oxygen atoms in total. The van der Waals surface area contributed by atoms with Crippen LogP contribution < -0.4 is 10.2 Å². The van der Waals surface area contributed by atoms with E-state index in [-0.39, 0.29) is 11.4 Å². The van der Waals surface area contributed by atoms with Gasteiger partial charge < -0.3 is 15.7 Å². The highest BCUT2D eigenvalue weighted by Crippen LogP contribution is 2.35. The highest BCUT2D eigenvalue weighted by molar-refractivity contribution is 7.20. The number of piperidine rings is 1. The second-order valence-electron chi connectivity index (χ2n) is 9.18. The van der Waals surface area contributed by atoms with Crippen molar-refractivity contribution < 1.29 is 10.3 Å². The van der Waals surface area contributed by atoms with Gasteiger partial charge in [-0.3, -0.25) is 9.48 Å². The quantitative estimate of drug-likeness (QED) is 0.601. The fourth-order valence-corrected chi connectivity index (χ4v) is 5.96. The molecule has 5 rings (SSSR count). The number of nitrogens with zero attached hydrogens (tertiary/aromatic N) is 4. The van der Waals surface area contributed by atoms with Crippen molar-refractivity contribution in [1.82, 2.24) is 14.8 Å². The first-order valence-electron chi connectivity index (χ1n) is 11.6. The number of hydrogen-bond donors (Lipinski definition) is 1. The minimum Gasteiger partial charge on any atom is -0.412 e. The number of aromatic nitrogens is 3. The summed E-state index contributed by atoms with van der Waals surface area (Å²) in [5, 5.41) is 8.93. The minimum absolute atomic E-state index is 0. The molecule has 1 amide bonds. The Hall–Kier alpha value is -2.45. The normalized spacial score (nSPS) is 18.0. The van der Waals surface area contributed by atoms with Gasteiger partial charge in [0.2, 0.25) is 0 Å². The van der Waals surface area contributed by atoms with Crippen LogP contribution in [0, 0.1) is 12.8 Å². The molecule has 172 valence electrons. The Morgan fingerprint density at radius 1 is 1.12 bits per heavy atom. The molecule has 3 aromatic rings. The Labute approximate surface area is 193 Å². The van der Waals surface area contributed by atoms with Gasteiger partial charge in [0, 0.05) is 18.5 Å². The summed E-state index contributed by atoms with van der Waals surface area (Å²) in [6.07, 6.45) is 10.4. The zero-order chi connectivity index (χ0) is 21.4. The van der Waals surface area contributed by atoms with Gasteiger partial charge in [0.25, 0.3) is 5.91 Å². The third kappa shape index (κ3) is 4.52. The molecule has 0 bridgehead atoms. The molecule has 8 heteroatoms. The van der Waals surface area contributed by atoms with Gasteiger partial charge in [-0.25, -0.2) is 4.98 Å². The van der Waals surface area contributed by atoms with Gasteiger partial charge in [-0.05, 0) is 56.7 Å². The molecular formula is C24H33N5O2S. The molecule has 3 N–H and O–H groups in total. The predicted octanol–water partition coefficient (Wildman–Crippen LogP) is 4.97. The van der Waals surface area contributed by atoms with Crippen molar-refractivity contribution in [1.29, 1.82) is 0 Å². The Morgan fingerprint density at radius 3 is 2.56 bits per heavy atom. The van der Waals surface area contributed by atoms with Gasteiger partial charge in [0.15, 0.2) is 0 Å². The first-order chi connectivity index (χ1) is 15.1. The van der Waals surface area contributed by atoms with Crippen molar-refractivity contribution in [3.05, 3.63) is 35.0 Å². The van der Waals surface area contributed by atoms with E-state index in [0.717, 1.165) is 51.3 Å². The number of amides is 1. The topological polar surface area (TPSA) is 94.6 Å². The third-order valence-electron chi connectivity index (χ3n) is 6.83. The lowest BCUT2D eigenvalue weighted by molar-refractivity contribution is 0.103.